The van der Waals surface area contributed by atoms with Crippen molar-refractivity contribution in [3.8, 4) is 34.6 Å². The number of benzene rings is 1. The quantitative estimate of drug-likeness (QED) is 0.759. The van der Waals surface area contributed by atoms with Gasteiger partial charge in [-0.3, -0.25) is 0 Å². The van der Waals surface area contributed by atoms with Crippen LogP contribution < -0.4 is 9.47 Å². The molecule has 1 N–H and O–H groups in total. The van der Waals surface area contributed by atoms with Crippen molar-refractivity contribution in [2.75, 3.05) is 13.2 Å². The van der Waals surface area contributed by atoms with E-state index in [9.17, 15) is 0 Å². The molecule has 0 amide bonds. The summed E-state index contributed by atoms with van der Waals surface area (Å²) in [5, 5.41) is 17.6. The van der Waals surface area contributed by atoms with Gasteiger partial charge in [-0.05, 0) is 17.3 Å². The van der Waals surface area contributed by atoms with Crippen LogP contribution >= 0.6 is 11.6 Å². The fraction of sp³-hybridized carbons (Fsp3) is 0.250. The molecule has 22 heavy (non-hydrogen) atoms. The van der Waals surface area contributed by atoms with Gasteiger partial charge in [-0.15, -0.1) is 10.2 Å². The fourth-order valence-electron chi connectivity index (χ4n) is 2.04. The Morgan fingerprint density at radius 2 is 2.05 bits per heavy atom. The number of H-pyrrole nitrogens is 1. The van der Waals surface area contributed by atoms with Crippen LogP contribution in [0.3, 0.4) is 0 Å². The molecule has 0 unspecified atom stereocenters. The van der Waals surface area contributed by atoms with Crippen LogP contribution in [0.4, 0.5) is 0 Å². The highest BCUT2D eigenvalue weighted by Crippen LogP contribution is 2.40. The van der Waals surface area contributed by atoms with Crippen LogP contribution in [0, 0.1) is 0 Å². The van der Waals surface area contributed by atoms with E-state index >= 15 is 0 Å². The van der Waals surface area contributed by atoms with Crippen LogP contribution in [-0.4, -0.2) is 44.0 Å². The number of halogens is 1. The number of aromatic amines is 1. The molecular weight excluding hydrogens is 312 g/mol. The molecule has 3 aromatic rings. The summed E-state index contributed by atoms with van der Waals surface area (Å²) in [6.07, 6.45) is 0.795. The molecule has 0 fully saturated rings. The second kappa shape index (κ2) is 5.26. The maximum atomic E-state index is 6.24. The fourth-order valence-corrected chi connectivity index (χ4v) is 2.31. The summed E-state index contributed by atoms with van der Waals surface area (Å²) in [5.74, 6) is 1.83. The van der Waals surface area contributed by atoms with E-state index in [2.05, 4.69) is 30.8 Å². The molecule has 0 saturated carbocycles. The summed E-state index contributed by atoms with van der Waals surface area (Å²) in [7, 11) is 0. The van der Waals surface area contributed by atoms with Crippen molar-refractivity contribution in [3.05, 3.63) is 17.2 Å². The van der Waals surface area contributed by atoms with Crippen molar-refractivity contribution in [1.82, 2.24) is 30.8 Å². The summed E-state index contributed by atoms with van der Waals surface area (Å²) in [6, 6.07) is 3.43. The average Bonchev–Trinajstić information content (AvgIpc) is 3.14. The van der Waals surface area contributed by atoms with E-state index in [0.29, 0.717) is 35.3 Å². The third-order valence-corrected chi connectivity index (χ3v) is 3.30. The third-order valence-electron chi connectivity index (χ3n) is 3.02. The molecule has 0 bridgehead atoms. The molecule has 112 valence electrons. The minimum absolute atomic E-state index is 0.229. The van der Waals surface area contributed by atoms with Gasteiger partial charge in [-0.25, -0.2) is 0 Å². The Labute approximate surface area is 128 Å². The van der Waals surface area contributed by atoms with Crippen LogP contribution in [-0.2, 0) is 0 Å². The molecule has 1 aliphatic heterocycles. The van der Waals surface area contributed by atoms with Crippen molar-refractivity contribution in [2.45, 2.75) is 6.42 Å². The first-order valence-electron chi connectivity index (χ1n) is 6.48. The number of hydrogen-bond acceptors (Lipinski definition) is 8. The highest BCUT2D eigenvalue weighted by molar-refractivity contribution is 6.32. The average molecular weight is 321 g/mol. The summed E-state index contributed by atoms with van der Waals surface area (Å²) < 4.78 is 16.4. The number of fused-ring (bicyclic) bond motifs is 1. The molecule has 0 radical (unpaired) electrons. The summed E-state index contributed by atoms with van der Waals surface area (Å²) in [5.41, 5.74) is 0.622. The van der Waals surface area contributed by atoms with Crippen LogP contribution in [0.2, 0.25) is 5.02 Å². The number of aromatic nitrogens is 6. The molecular formula is C12H9ClN6O3. The van der Waals surface area contributed by atoms with Gasteiger partial charge in [0.1, 0.15) is 0 Å². The normalized spacial score (nSPS) is 13.9. The Morgan fingerprint density at radius 3 is 2.91 bits per heavy atom. The number of ether oxygens (including phenoxy) is 2. The van der Waals surface area contributed by atoms with Gasteiger partial charge in [-0.1, -0.05) is 16.8 Å². The zero-order chi connectivity index (χ0) is 14.9. The topological polar surface area (TPSA) is 112 Å². The van der Waals surface area contributed by atoms with Crippen LogP contribution in [0.5, 0.6) is 11.5 Å². The maximum absolute atomic E-state index is 6.24. The highest BCUT2D eigenvalue weighted by atomic mass is 35.5. The maximum Gasteiger partial charge on any atom is 0.258 e. The monoisotopic (exact) mass is 320 g/mol. The third kappa shape index (κ3) is 2.25. The molecule has 1 aromatic carbocycles. The van der Waals surface area contributed by atoms with E-state index in [4.69, 9.17) is 25.6 Å². The van der Waals surface area contributed by atoms with Crippen molar-refractivity contribution >= 4 is 11.6 Å². The van der Waals surface area contributed by atoms with E-state index in [0.717, 1.165) is 6.42 Å². The lowest BCUT2D eigenvalue weighted by Gasteiger charge is -2.09. The smallest absolute Gasteiger partial charge is 0.258 e. The van der Waals surface area contributed by atoms with Crippen LogP contribution in [0.25, 0.3) is 23.1 Å². The SMILES string of the molecule is Clc1cc(-c2nc(-c3nn[nH]n3)no2)cc2c1OCCCO2. The number of hydrogen-bond donors (Lipinski definition) is 1. The van der Waals surface area contributed by atoms with E-state index in [1.807, 2.05) is 0 Å². The number of nitrogens with one attached hydrogen (secondary N) is 1. The Bertz CT molecular complexity index is 803. The first-order chi connectivity index (χ1) is 10.8. The molecule has 0 aliphatic carbocycles. The lowest BCUT2D eigenvalue weighted by atomic mass is 10.2. The Kier molecular flexibility index (Phi) is 3.11. The molecule has 1 aliphatic rings. The minimum atomic E-state index is 0.229. The first kappa shape index (κ1) is 13.0. The number of rotatable bonds is 2. The molecule has 4 rings (SSSR count). The van der Waals surface area contributed by atoms with Crippen molar-refractivity contribution < 1.29 is 14.0 Å². The van der Waals surface area contributed by atoms with Gasteiger partial charge in [0.2, 0.25) is 11.6 Å². The van der Waals surface area contributed by atoms with Gasteiger partial charge >= 0.3 is 0 Å². The van der Waals surface area contributed by atoms with E-state index in [1.54, 1.807) is 12.1 Å². The molecule has 2 aromatic heterocycles. The van der Waals surface area contributed by atoms with Gasteiger partial charge in [0.25, 0.3) is 5.89 Å². The van der Waals surface area contributed by atoms with Gasteiger partial charge in [0, 0.05) is 12.0 Å². The van der Waals surface area contributed by atoms with Gasteiger partial charge in [0.15, 0.2) is 11.5 Å². The Morgan fingerprint density at radius 1 is 1.14 bits per heavy atom. The van der Waals surface area contributed by atoms with E-state index < -0.39 is 0 Å². The Hall–Kier alpha value is -2.68. The predicted octanol–water partition coefficient (Wildman–Crippen LogP) is 1.73. The lowest BCUT2D eigenvalue weighted by Crippen LogP contribution is -1.97. The molecule has 9 nitrogen and oxygen atoms in total. The zero-order valence-electron chi connectivity index (χ0n) is 11.1. The van der Waals surface area contributed by atoms with Gasteiger partial charge < -0.3 is 14.0 Å². The molecule has 10 heteroatoms. The zero-order valence-corrected chi connectivity index (χ0v) is 11.9. The number of tetrazole rings is 1. The van der Waals surface area contributed by atoms with Gasteiger partial charge in [-0.2, -0.15) is 10.2 Å². The molecule has 3 heterocycles. The van der Waals surface area contributed by atoms with Crippen LogP contribution in [0.15, 0.2) is 16.7 Å². The predicted molar refractivity (Wildman–Crippen MR) is 73.5 cm³/mol. The van der Waals surface area contributed by atoms with Crippen molar-refractivity contribution in [2.24, 2.45) is 0 Å². The summed E-state index contributed by atoms with van der Waals surface area (Å²) in [6.45, 7) is 1.12. The van der Waals surface area contributed by atoms with Crippen molar-refractivity contribution in [3.63, 3.8) is 0 Å². The highest BCUT2D eigenvalue weighted by Gasteiger charge is 2.20. The lowest BCUT2D eigenvalue weighted by molar-refractivity contribution is 0.297. The number of nitrogens with zero attached hydrogens (tertiary/aromatic N) is 5. The summed E-state index contributed by atoms with van der Waals surface area (Å²) in [4.78, 5) is 4.22. The largest absolute Gasteiger partial charge is 0.489 e. The Balaban J connectivity index is 1.74. The first-order valence-corrected chi connectivity index (χ1v) is 6.86. The standard InChI is InChI=1S/C12H9ClN6O3/c13-7-4-6(5-8-9(7)21-3-1-2-20-8)12-14-10(17-22-12)11-15-18-19-16-11/h4-5H,1-3H2,(H,15,16,18,19). The molecule has 0 atom stereocenters. The van der Waals surface area contributed by atoms with Crippen LogP contribution in [0.1, 0.15) is 6.42 Å². The van der Waals surface area contributed by atoms with E-state index in [1.165, 1.54) is 0 Å². The molecule has 0 saturated heterocycles. The van der Waals surface area contributed by atoms with Crippen molar-refractivity contribution in [1.29, 1.82) is 0 Å². The second-order valence-corrected chi connectivity index (χ2v) is 4.90. The minimum Gasteiger partial charge on any atom is -0.489 e. The second-order valence-electron chi connectivity index (χ2n) is 4.49. The van der Waals surface area contributed by atoms with Gasteiger partial charge in [0.05, 0.1) is 18.2 Å². The van der Waals surface area contributed by atoms with E-state index in [-0.39, 0.29) is 17.5 Å². The summed E-state index contributed by atoms with van der Waals surface area (Å²) >= 11 is 6.24. The molecule has 0 spiro atoms.